The molecule has 1 amide bonds. The van der Waals surface area contributed by atoms with Crippen molar-refractivity contribution in [3.63, 3.8) is 0 Å². The third kappa shape index (κ3) is 4.10. The van der Waals surface area contributed by atoms with Gasteiger partial charge in [-0.2, -0.15) is 0 Å². The van der Waals surface area contributed by atoms with Gasteiger partial charge in [0, 0.05) is 21.9 Å². The minimum atomic E-state index is 0.0798. The van der Waals surface area contributed by atoms with Crippen molar-refractivity contribution in [2.75, 3.05) is 5.73 Å². The standard InChI is InChI=1S/C16H20N2OS/c1-11-8-15(20-12(11)2)10-18-16(19)7-6-13-4-3-5-14(17)9-13/h3-5,8-9H,6-7,10,17H2,1-2H3,(H,18,19). The third-order valence-electron chi connectivity index (χ3n) is 3.27. The van der Waals surface area contributed by atoms with Crippen LogP contribution in [0.25, 0.3) is 0 Å². The predicted molar refractivity (Wildman–Crippen MR) is 84.8 cm³/mol. The van der Waals surface area contributed by atoms with E-state index in [0.29, 0.717) is 13.0 Å². The molecule has 4 heteroatoms. The third-order valence-corrected chi connectivity index (χ3v) is 4.42. The van der Waals surface area contributed by atoms with Gasteiger partial charge in [-0.25, -0.2) is 0 Å². The van der Waals surface area contributed by atoms with Crippen molar-refractivity contribution in [3.8, 4) is 0 Å². The van der Waals surface area contributed by atoms with E-state index in [1.54, 1.807) is 11.3 Å². The number of aryl methyl sites for hydroxylation is 3. The predicted octanol–water partition coefficient (Wildman–Crippen LogP) is 3.20. The second-order valence-corrected chi connectivity index (χ2v) is 6.31. The molecular formula is C16H20N2OS. The van der Waals surface area contributed by atoms with Crippen molar-refractivity contribution in [2.45, 2.75) is 33.2 Å². The van der Waals surface area contributed by atoms with Crippen molar-refractivity contribution < 1.29 is 4.79 Å². The van der Waals surface area contributed by atoms with E-state index >= 15 is 0 Å². The molecule has 0 atom stereocenters. The Morgan fingerprint density at radius 3 is 2.75 bits per heavy atom. The molecule has 0 fully saturated rings. The van der Waals surface area contributed by atoms with Crippen LogP contribution in [0.1, 0.15) is 27.3 Å². The molecule has 2 rings (SSSR count). The maximum Gasteiger partial charge on any atom is 0.220 e. The highest BCUT2D eigenvalue weighted by Crippen LogP contribution is 2.20. The summed E-state index contributed by atoms with van der Waals surface area (Å²) < 4.78 is 0. The van der Waals surface area contributed by atoms with Crippen LogP contribution in [0, 0.1) is 13.8 Å². The summed E-state index contributed by atoms with van der Waals surface area (Å²) in [7, 11) is 0. The maximum absolute atomic E-state index is 11.8. The fourth-order valence-corrected chi connectivity index (χ4v) is 3.01. The summed E-state index contributed by atoms with van der Waals surface area (Å²) in [5.41, 5.74) is 8.85. The van der Waals surface area contributed by atoms with Crippen LogP contribution < -0.4 is 11.1 Å². The first kappa shape index (κ1) is 14.6. The van der Waals surface area contributed by atoms with Gasteiger partial charge in [-0.05, 0) is 49.6 Å². The average Bonchev–Trinajstić information content (AvgIpc) is 2.73. The number of benzene rings is 1. The fraction of sp³-hybridized carbons (Fsp3) is 0.312. The second kappa shape index (κ2) is 6.57. The van der Waals surface area contributed by atoms with Crippen LogP contribution in [0.15, 0.2) is 30.3 Å². The molecule has 0 unspecified atom stereocenters. The number of nitrogen functional groups attached to an aromatic ring is 1. The van der Waals surface area contributed by atoms with Crippen LogP contribution >= 0.6 is 11.3 Å². The van der Waals surface area contributed by atoms with E-state index in [1.807, 2.05) is 24.3 Å². The molecule has 1 aromatic carbocycles. The van der Waals surface area contributed by atoms with Crippen molar-refractivity contribution in [1.82, 2.24) is 5.32 Å². The summed E-state index contributed by atoms with van der Waals surface area (Å²) in [6.07, 6.45) is 1.21. The molecule has 0 saturated heterocycles. The molecule has 106 valence electrons. The zero-order valence-corrected chi connectivity index (χ0v) is 12.7. The van der Waals surface area contributed by atoms with Crippen LogP contribution in [-0.4, -0.2) is 5.91 Å². The number of carbonyl (C=O) groups excluding carboxylic acids is 1. The lowest BCUT2D eigenvalue weighted by molar-refractivity contribution is -0.121. The SMILES string of the molecule is Cc1cc(CNC(=O)CCc2cccc(N)c2)sc1C. The van der Waals surface area contributed by atoms with E-state index in [-0.39, 0.29) is 5.91 Å². The Bertz CT molecular complexity index is 585. The molecule has 0 aliphatic rings. The Labute approximate surface area is 123 Å². The normalized spacial score (nSPS) is 10.5. The van der Waals surface area contributed by atoms with Crippen LogP contribution in [0.3, 0.4) is 0 Å². The number of anilines is 1. The van der Waals surface area contributed by atoms with Gasteiger partial charge in [0.2, 0.25) is 5.91 Å². The summed E-state index contributed by atoms with van der Waals surface area (Å²) in [6, 6.07) is 9.82. The molecule has 0 aliphatic carbocycles. The molecule has 0 saturated carbocycles. The topological polar surface area (TPSA) is 55.1 Å². The monoisotopic (exact) mass is 288 g/mol. The lowest BCUT2D eigenvalue weighted by Crippen LogP contribution is -2.22. The zero-order valence-electron chi connectivity index (χ0n) is 11.9. The number of rotatable bonds is 5. The Morgan fingerprint density at radius 1 is 1.30 bits per heavy atom. The highest BCUT2D eigenvalue weighted by Gasteiger charge is 2.05. The summed E-state index contributed by atoms with van der Waals surface area (Å²) in [6.45, 7) is 4.82. The molecule has 1 aromatic heterocycles. The van der Waals surface area contributed by atoms with Gasteiger partial charge < -0.3 is 11.1 Å². The van der Waals surface area contributed by atoms with Gasteiger partial charge in [0.05, 0.1) is 6.54 Å². The number of thiophene rings is 1. The van der Waals surface area contributed by atoms with Crippen molar-refractivity contribution >= 4 is 22.9 Å². The van der Waals surface area contributed by atoms with Gasteiger partial charge in [0.15, 0.2) is 0 Å². The molecule has 3 nitrogen and oxygen atoms in total. The number of nitrogens with two attached hydrogens (primary N) is 1. The number of amides is 1. The molecule has 20 heavy (non-hydrogen) atoms. The minimum Gasteiger partial charge on any atom is -0.399 e. The first-order chi connectivity index (χ1) is 9.54. The average molecular weight is 288 g/mol. The lowest BCUT2D eigenvalue weighted by atomic mass is 10.1. The minimum absolute atomic E-state index is 0.0798. The van der Waals surface area contributed by atoms with Crippen molar-refractivity contribution in [3.05, 3.63) is 51.2 Å². The van der Waals surface area contributed by atoms with E-state index in [4.69, 9.17) is 5.73 Å². The molecule has 1 heterocycles. The first-order valence-electron chi connectivity index (χ1n) is 6.71. The summed E-state index contributed by atoms with van der Waals surface area (Å²) >= 11 is 1.74. The molecule has 3 N–H and O–H groups in total. The van der Waals surface area contributed by atoms with Gasteiger partial charge in [-0.1, -0.05) is 12.1 Å². The summed E-state index contributed by atoms with van der Waals surface area (Å²) in [4.78, 5) is 14.3. The van der Waals surface area contributed by atoms with E-state index in [9.17, 15) is 4.79 Å². The lowest BCUT2D eigenvalue weighted by Gasteiger charge is -2.04. The Hall–Kier alpha value is -1.81. The van der Waals surface area contributed by atoms with Crippen LogP contribution in [-0.2, 0) is 17.8 Å². The van der Waals surface area contributed by atoms with Crippen molar-refractivity contribution in [1.29, 1.82) is 0 Å². The van der Waals surface area contributed by atoms with Gasteiger partial charge in [0.25, 0.3) is 0 Å². The van der Waals surface area contributed by atoms with E-state index in [0.717, 1.165) is 17.7 Å². The maximum atomic E-state index is 11.8. The van der Waals surface area contributed by atoms with Gasteiger partial charge in [-0.3, -0.25) is 4.79 Å². The van der Waals surface area contributed by atoms with Crippen molar-refractivity contribution in [2.24, 2.45) is 0 Å². The summed E-state index contributed by atoms with van der Waals surface area (Å²) in [5, 5.41) is 2.96. The Morgan fingerprint density at radius 2 is 2.10 bits per heavy atom. The highest BCUT2D eigenvalue weighted by molar-refractivity contribution is 7.12. The first-order valence-corrected chi connectivity index (χ1v) is 7.53. The Balaban J connectivity index is 1.78. The number of hydrogen-bond acceptors (Lipinski definition) is 3. The molecule has 0 aliphatic heterocycles. The van der Waals surface area contributed by atoms with Crippen LogP contribution in [0.4, 0.5) is 5.69 Å². The quantitative estimate of drug-likeness (QED) is 0.830. The molecule has 0 bridgehead atoms. The molecule has 0 radical (unpaired) electrons. The number of hydrogen-bond donors (Lipinski definition) is 2. The number of nitrogens with one attached hydrogen (secondary N) is 1. The van der Waals surface area contributed by atoms with Gasteiger partial charge in [0.1, 0.15) is 0 Å². The summed E-state index contributed by atoms with van der Waals surface area (Å²) in [5.74, 6) is 0.0798. The van der Waals surface area contributed by atoms with E-state index < -0.39 is 0 Å². The number of carbonyl (C=O) groups is 1. The largest absolute Gasteiger partial charge is 0.399 e. The van der Waals surface area contributed by atoms with E-state index in [1.165, 1.54) is 15.3 Å². The molecule has 0 spiro atoms. The fourth-order valence-electron chi connectivity index (χ4n) is 2.02. The van der Waals surface area contributed by atoms with Crippen LogP contribution in [0.5, 0.6) is 0 Å². The zero-order chi connectivity index (χ0) is 14.5. The highest BCUT2D eigenvalue weighted by atomic mass is 32.1. The Kier molecular flexibility index (Phi) is 4.79. The van der Waals surface area contributed by atoms with Gasteiger partial charge in [-0.15, -0.1) is 11.3 Å². The van der Waals surface area contributed by atoms with Crippen LogP contribution in [0.2, 0.25) is 0 Å². The second-order valence-electron chi connectivity index (χ2n) is 4.97. The molecular weight excluding hydrogens is 268 g/mol. The van der Waals surface area contributed by atoms with E-state index in [2.05, 4.69) is 25.2 Å². The smallest absolute Gasteiger partial charge is 0.220 e. The van der Waals surface area contributed by atoms with Gasteiger partial charge >= 0.3 is 0 Å². The molecule has 2 aromatic rings.